The maximum atomic E-state index is 13.0. The molecule has 8 atom stereocenters. The van der Waals surface area contributed by atoms with Gasteiger partial charge in [0.1, 0.15) is 19.3 Å². The zero-order chi connectivity index (χ0) is 67.5. The normalized spacial score (nSPS) is 15.1. The van der Waals surface area contributed by atoms with Gasteiger partial charge in [0.15, 0.2) is 12.2 Å². The van der Waals surface area contributed by atoms with Crippen molar-refractivity contribution in [2.45, 2.75) is 375 Å². The van der Waals surface area contributed by atoms with Gasteiger partial charge >= 0.3 is 39.5 Å². The number of esters is 4. The zero-order valence-electron chi connectivity index (χ0n) is 59.5. The van der Waals surface area contributed by atoms with E-state index in [0.29, 0.717) is 31.6 Å². The summed E-state index contributed by atoms with van der Waals surface area (Å²) >= 11 is 0. The Hall–Kier alpha value is -1.94. The smallest absolute Gasteiger partial charge is 0.462 e. The van der Waals surface area contributed by atoms with Crippen LogP contribution in [0.25, 0.3) is 0 Å². The molecule has 0 aliphatic rings. The van der Waals surface area contributed by atoms with Gasteiger partial charge < -0.3 is 33.8 Å². The molecule has 17 nitrogen and oxygen atoms in total. The summed E-state index contributed by atoms with van der Waals surface area (Å²) in [5, 5.41) is 10.6. The average Bonchev–Trinajstić information content (AvgIpc) is 3.25. The molecule has 0 heterocycles. The molecule has 0 radical (unpaired) electrons. The number of phosphoric ester groups is 2. The first kappa shape index (κ1) is 89.1. The van der Waals surface area contributed by atoms with Crippen molar-refractivity contribution >= 4 is 39.5 Å². The van der Waals surface area contributed by atoms with E-state index in [0.717, 1.165) is 114 Å². The van der Waals surface area contributed by atoms with Gasteiger partial charge in [-0.1, -0.05) is 306 Å². The van der Waals surface area contributed by atoms with Crippen LogP contribution in [0.4, 0.5) is 0 Å². The zero-order valence-corrected chi connectivity index (χ0v) is 61.3. The predicted octanol–water partition coefficient (Wildman–Crippen LogP) is 20.5. The van der Waals surface area contributed by atoms with E-state index >= 15 is 0 Å². The third-order valence-corrected chi connectivity index (χ3v) is 19.6. The van der Waals surface area contributed by atoms with Crippen LogP contribution >= 0.6 is 15.6 Å². The molecule has 0 aliphatic heterocycles. The first-order chi connectivity index (χ1) is 43.7. The van der Waals surface area contributed by atoms with Crippen molar-refractivity contribution in [3.63, 3.8) is 0 Å². The molecular weight excluding hydrogens is 1200 g/mol. The van der Waals surface area contributed by atoms with Gasteiger partial charge in [0.25, 0.3) is 0 Å². The van der Waals surface area contributed by atoms with E-state index in [2.05, 4.69) is 55.4 Å². The monoisotopic (exact) mass is 1340 g/mol. The van der Waals surface area contributed by atoms with E-state index in [1.165, 1.54) is 154 Å². The molecule has 5 unspecified atom stereocenters. The van der Waals surface area contributed by atoms with Crippen molar-refractivity contribution in [2.24, 2.45) is 23.7 Å². The number of phosphoric acid groups is 2. The highest BCUT2D eigenvalue weighted by atomic mass is 31.2. The molecule has 19 heteroatoms. The lowest BCUT2D eigenvalue weighted by atomic mass is 9.99. The molecule has 0 saturated carbocycles. The minimum Gasteiger partial charge on any atom is -0.462 e. The molecule has 0 rings (SSSR count). The van der Waals surface area contributed by atoms with Crippen LogP contribution in [-0.4, -0.2) is 96.7 Å². The molecule has 91 heavy (non-hydrogen) atoms. The summed E-state index contributed by atoms with van der Waals surface area (Å²) in [7, 11) is -9.90. The van der Waals surface area contributed by atoms with E-state index < -0.39 is 97.5 Å². The maximum Gasteiger partial charge on any atom is 0.472 e. The molecule has 0 aliphatic carbocycles. The second-order valence-electron chi connectivity index (χ2n) is 27.2. The van der Waals surface area contributed by atoms with Gasteiger partial charge in [-0.05, 0) is 49.4 Å². The van der Waals surface area contributed by atoms with Gasteiger partial charge in [-0.25, -0.2) is 9.13 Å². The summed E-state index contributed by atoms with van der Waals surface area (Å²) in [6.45, 7) is 14.0. The van der Waals surface area contributed by atoms with Crippen molar-refractivity contribution in [2.75, 3.05) is 39.6 Å². The Labute approximate surface area is 556 Å². The number of ether oxygens (including phenoxy) is 4. The third-order valence-electron chi connectivity index (χ3n) is 17.7. The minimum absolute atomic E-state index is 0.101. The molecule has 0 aromatic carbocycles. The molecule has 0 spiro atoms. The van der Waals surface area contributed by atoms with E-state index in [1.54, 1.807) is 0 Å². The lowest BCUT2D eigenvalue weighted by Gasteiger charge is -2.21. The van der Waals surface area contributed by atoms with Crippen molar-refractivity contribution in [3.8, 4) is 0 Å². The molecule has 540 valence electrons. The molecule has 0 aromatic rings. The average molecular weight is 1340 g/mol. The number of hydrogen-bond donors (Lipinski definition) is 3. The highest BCUT2D eigenvalue weighted by molar-refractivity contribution is 7.47. The van der Waals surface area contributed by atoms with Crippen LogP contribution in [0.2, 0.25) is 0 Å². The van der Waals surface area contributed by atoms with Crippen LogP contribution in [0.3, 0.4) is 0 Å². The number of aliphatic hydroxyl groups is 1. The standard InChI is InChI=1S/C72H140O17P2/c1-9-63(6)49-41-33-24-22-20-18-16-14-12-13-15-17-19-21-23-25-36-44-52-69(74)82-58-67(88-71(76)54-46-38-29-26-32-40-48-62(4)5)60-86-90(78,79)84-56-66(73)57-85-91(80,81)87-61-68(89-72(77)55-47-39-31-28-35-43-51-65(8)11-3)59-83-70(75)53-45-37-30-27-34-42-50-64(7)10-2/h62-68,73H,9-61H2,1-8H3,(H,78,79)(H,80,81)/t63?,64?,65?,66-,67-,68-/m1/s1. The fourth-order valence-electron chi connectivity index (χ4n) is 10.7. The number of unbranched alkanes of at least 4 members (excludes halogenated alkanes) is 32. The second kappa shape index (κ2) is 61.6. The van der Waals surface area contributed by atoms with Gasteiger partial charge in [-0.2, -0.15) is 0 Å². The summed E-state index contributed by atoms with van der Waals surface area (Å²) in [5.74, 6) is 0.857. The largest absolute Gasteiger partial charge is 0.472 e. The molecule has 0 bridgehead atoms. The Balaban J connectivity index is 5.09. The third kappa shape index (κ3) is 62.6. The van der Waals surface area contributed by atoms with E-state index in [1.807, 2.05) is 0 Å². The molecule has 0 fully saturated rings. The summed E-state index contributed by atoms with van der Waals surface area (Å²) in [4.78, 5) is 72.4. The molecule has 0 saturated heterocycles. The quantitative estimate of drug-likeness (QED) is 0.0222. The fourth-order valence-corrected chi connectivity index (χ4v) is 12.3. The number of carbonyl (C=O) groups excluding carboxylic acids is 4. The van der Waals surface area contributed by atoms with Gasteiger partial charge in [-0.15, -0.1) is 0 Å². The number of rotatable bonds is 69. The first-order valence-electron chi connectivity index (χ1n) is 37.3. The summed E-state index contributed by atoms with van der Waals surface area (Å²) < 4.78 is 68.2. The van der Waals surface area contributed by atoms with E-state index in [4.69, 9.17) is 37.0 Å². The SMILES string of the molecule is CCC(C)CCCCCCCCCCCCCCCCCCCCC(=O)OC[C@H](COP(=O)(O)OC[C@@H](O)COP(=O)(O)OC[C@@H](COC(=O)CCCCCCCCC(C)CC)OC(=O)CCCCCCCCC(C)CC)OC(=O)CCCCCCCCC(C)C. The highest BCUT2D eigenvalue weighted by Crippen LogP contribution is 2.45. The predicted molar refractivity (Wildman–Crippen MR) is 367 cm³/mol. The lowest BCUT2D eigenvalue weighted by Crippen LogP contribution is -2.30. The fraction of sp³-hybridized carbons (Fsp3) is 0.944. The van der Waals surface area contributed by atoms with E-state index in [-0.39, 0.29) is 25.7 Å². The highest BCUT2D eigenvalue weighted by Gasteiger charge is 2.30. The Morgan fingerprint density at radius 3 is 0.780 bits per heavy atom. The number of carbonyl (C=O) groups is 4. The number of aliphatic hydroxyl groups excluding tert-OH is 1. The van der Waals surface area contributed by atoms with Crippen LogP contribution in [0.1, 0.15) is 357 Å². The molecule has 0 amide bonds. The maximum absolute atomic E-state index is 13.0. The topological polar surface area (TPSA) is 237 Å². The van der Waals surface area contributed by atoms with Gasteiger partial charge in [0.05, 0.1) is 26.4 Å². The van der Waals surface area contributed by atoms with Crippen LogP contribution in [0.5, 0.6) is 0 Å². The van der Waals surface area contributed by atoms with Gasteiger partial charge in [0, 0.05) is 25.7 Å². The molecular formula is C72H140O17P2. The van der Waals surface area contributed by atoms with Crippen LogP contribution < -0.4 is 0 Å². The van der Waals surface area contributed by atoms with Crippen LogP contribution in [-0.2, 0) is 65.4 Å². The first-order valence-corrected chi connectivity index (χ1v) is 40.3. The summed E-state index contributed by atoms with van der Waals surface area (Å²) in [5.41, 5.74) is 0. The Morgan fingerprint density at radius 2 is 0.527 bits per heavy atom. The van der Waals surface area contributed by atoms with Crippen LogP contribution in [0.15, 0.2) is 0 Å². The van der Waals surface area contributed by atoms with Crippen molar-refractivity contribution in [3.05, 3.63) is 0 Å². The van der Waals surface area contributed by atoms with Crippen molar-refractivity contribution < 1.29 is 80.2 Å². The Kier molecular flexibility index (Phi) is 60.3. The Bertz CT molecular complexity index is 1800. The van der Waals surface area contributed by atoms with Crippen LogP contribution in [0, 0.1) is 23.7 Å². The summed E-state index contributed by atoms with van der Waals surface area (Å²) in [6.07, 6.45) is 44.9. The second-order valence-corrected chi connectivity index (χ2v) is 30.1. The van der Waals surface area contributed by atoms with E-state index in [9.17, 15) is 43.2 Å². The number of hydrogen-bond acceptors (Lipinski definition) is 15. The van der Waals surface area contributed by atoms with Crippen molar-refractivity contribution in [1.82, 2.24) is 0 Å². The molecule has 3 N–H and O–H groups in total. The molecule has 0 aromatic heterocycles. The summed E-state index contributed by atoms with van der Waals surface area (Å²) in [6, 6.07) is 0. The van der Waals surface area contributed by atoms with Gasteiger partial charge in [-0.3, -0.25) is 37.3 Å². The lowest BCUT2D eigenvalue weighted by molar-refractivity contribution is -0.161. The minimum atomic E-state index is -4.95. The van der Waals surface area contributed by atoms with Gasteiger partial charge in [0.2, 0.25) is 0 Å². The van der Waals surface area contributed by atoms with Crippen molar-refractivity contribution in [1.29, 1.82) is 0 Å². The Morgan fingerprint density at radius 1 is 0.308 bits per heavy atom.